The van der Waals surface area contributed by atoms with Crippen LogP contribution >= 0.6 is 11.8 Å². The number of amides is 1. The lowest BCUT2D eigenvalue weighted by atomic mass is 10.3. The smallest absolute Gasteiger partial charge is 0.266 e. The Morgan fingerprint density at radius 3 is 2.56 bits per heavy atom. The molecule has 1 amide bonds. The Hall–Kier alpha value is -3.33. The zero-order chi connectivity index (χ0) is 24.7. The molecule has 0 bridgehead atoms. The predicted octanol–water partition coefficient (Wildman–Crippen LogP) is 4.81. The SMILES string of the molecule is COc1ccc(-n2ccc(/C=C3/SC(=Nc4ccccc4)N(CCCN4CCOCC4)C3=O)c2)cc1. The summed E-state index contributed by atoms with van der Waals surface area (Å²) in [6.45, 7) is 5.04. The lowest BCUT2D eigenvalue weighted by molar-refractivity contribution is -0.122. The number of hydrogen-bond donors (Lipinski definition) is 0. The second kappa shape index (κ2) is 11.6. The maximum atomic E-state index is 13.4. The number of morpholine rings is 1. The quantitative estimate of drug-likeness (QED) is 0.414. The Kier molecular flexibility index (Phi) is 7.85. The molecule has 2 fully saturated rings. The van der Waals surface area contributed by atoms with Gasteiger partial charge in [0, 0.05) is 44.3 Å². The minimum absolute atomic E-state index is 0.00820. The van der Waals surface area contributed by atoms with Crippen LogP contribution in [0.5, 0.6) is 5.75 Å². The molecule has 0 spiro atoms. The molecule has 7 nitrogen and oxygen atoms in total. The summed E-state index contributed by atoms with van der Waals surface area (Å²) >= 11 is 1.44. The average Bonchev–Trinajstić information content (AvgIpc) is 3.50. The molecule has 0 saturated carbocycles. The molecule has 36 heavy (non-hydrogen) atoms. The van der Waals surface area contributed by atoms with E-state index in [1.807, 2.05) is 88.6 Å². The van der Waals surface area contributed by atoms with E-state index in [4.69, 9.17) is 14.5 Å². The van der Waals surface area contributed by atoms with Crippen molar-refractivity contribution < 1.29 is 14.3 Å². The van der Waals surface area contributed by atoms with Crippen molar-refractivity contribution in [1.82, 2.24) is 14.4 Å². The van der Waals surface area contributed by atoms with Gasteiger partial charge in [-0.1, -0.05) is 18.2 Å². The molecule has 3 heterocycles. The van der Waals surface area contributed by atoms with Crippen LogP contribution in [0.4, 0.5) is 5.69 Å². The molecular formula is C28H30N4O3S. The maximum Gasteiger partial charge on any atom is 0.266 e. The summed E-state index contributed by atoms with van der Waals surface area (Å²) in [5.74, 6) is 0.828. The number of thioether (sulfide) groups is 1. The Balaban J connectivity index is 1.33. The topological polar surface area (TPSA) is 59.3 Å². The molecule has 0 N–H and O–H groups in total. The number of nitrogens with zero attached hydrogens (tertiary/aromatic N) is 4. The summed E-state index contributed by atoms with van der Waals surface area (Å²) < 4.78 is 12.7. The summed E-state index contributed by atoms with van der Waals surface area (Å²) in [5, 5.41) is 0.731. The minimum atomic E-state index is 0.00820. The highest BCUT2D eigenvalue weighted by Gasteiger charge is 2.33. The molecule has 2 aromatic carbocycles. The van der Waals surface area contributed by atoms with Gasteiger partial charge >= 0.3 is 0 Å². The Bertz CT molecular complexity index is 1230. The Labute approximate surface area is 216 Å². The summed E-state index contributed by atoms with van der Waals surface area (Å²) in [7, 11) is 1.66. The number of carbonyl (C=O) groups excluding carboxylic acids is 1. The van der Waals surface area contributed by atoms with Gasteiger partial charge < -0.3 is 14.0 Å². The van der Waals surface area contributed by atoms with E-state index in [0.29, 0.717) is 11.4 Å². The zero-order valence-corrected chi connectivity index (χ0v) is 21.2. The molecule has 0 radical (unpaired) electrons. The third-order valence-corrected chi connectivity index (χ3v) is 7.22. The van der Waals surface area contributed by atoms with E-state index in [-0.39, 0.29) is 5.91 Å². The fraction of sp³-hybridized carbons (Fsp3) is 0.286. The van der Waals surface area contributed by atoms with Crippen LogP contribution in [0.2, 0.25) is 0 Å². The number of rotatable bonds is 8. The fourth-order valence-corrected chi connectivity index (χ4v) is 5.27. The van der Waals surface area contributed by atoms with Crippen molar-refractivity contribution in [2.75, 3.05) is 46.5 Å². The standard InChI is InChI=1S/C28H30N4O3S/c1-34-25-10-8-24(9-11-25)31-15-12-22(21-31)20-26-27(33)32(14-5-13-30-16-18-35-19-17-30)28(36-26)29-23-6-3-2-4-7-23/h2-4,6-12,15,20-21H,5,13-14,16-19H2,1H3/b26-20+,29-28?. The van der Waals surface area contributed by atoms with Gasteiger partial charge in [-0.15, -0.1) is 0 Å². The molecular weight excluding hydrogens is 472 g/mol. The second-order valence-electron chi connectivity index (χ2n) is 8.66. The molecule has 186 valence electrons. The predicted molar refractivity (Wildman–Crippen MR) is 145 cm³/mol. The molecule has 8 heteroatoms. The normalized spacial score (nSPS) is 18.9. The van der Waals surface area contributed by atoms with E-state index < -0.39 is 0 Å². The van der Waals surface area contributed by atoms with Crippen LogP contribution in [0.15, 0.2) is 83.0 Å². The first-order chi connectivity index (χ1) is 17.7. The number of carbonyl (C=O) groups is 1. The number of benzene rings is 2. The van der Waals surface area contributed by atoms with Crippen LogP contribution in [0.3, 0.4) is 0 Å². The summed E-state index contributed by atoms with van der Waals surface area (Å²) in [6, 6.07) is 19.7. The van der Waals surface area contributed by atoms with Crippen LogP contribution in [-0.2, 0) is 9.53 Å². The molecule has 1 aromatic heterocycles. The maximum absolute atomic E-state index is 13.4. The van der Waals surface area contributed by atoms with E-state index in [9.17, 15) is 4.79 Å². The van der Waals surface area contributed by atoms with Crippen molar-refractivity contribution in [2.45, 2.75) is 6.42 Å². The van der Waals surface area contributed by atoms with Crippen molar-refractivity contribution in [2.24, 2.45) is 4.99 Å². The first-order valence-electron chi connectivity index (χ1n) is 12.2. The summed E-state index contributed by atoms with van der Waals surface area (Å²) in [6.07, 6.45) is 6.87. The molecule has 0 atom stereocenters. The summed E-state index contributed by atoms with van der Waals surface area (Å²) in [5.41, 5.74) is 2.84. The lowest BCUT2D eigenvalue weighted by Crippen LogP contribution is -2.38. The first kappa shape index (κ1) is 24.4. The Morgan fingerprint density at radius 1 is 1.03 bits per heavy atom. The van der Waals surface area contributed by atoms with Gasteiger partial charge in [0.15, 0.2) is 5.17 Å². The number of ether oxygens (including phenoxy) is 2. The molecule has 2 saturated heterocycles. The van der Waals surface area contributed by atoms with Crippen LogP contribution in [0.25, 0.3) is 11.8 Å². The van der Waals surface area contributed by atoms with E-state index >= 15 is 0 Å². The number of amidine groups is 1. The van der Waals surface area contributed by atoms with E-state index in [0.717, 1.165) is 67.1 Å². The highest BCUT2D eigenvalue weighted by atomic mass is 32.2. The van der Waals surface area contributed by atoms with Crippen LogP contribution in [0.1, 0.15) is 12.0 Å². The first-order valence-corrected chi connectivity index (χ1v) is 13.0. The van der Waals surface area contributed by atoms with E-state index in [1.165, 1.54) is 11.8 Å². The van der Waals surface area contributed by atoms with Gasteiger partial charge in [-0.3, -0.25) is 14.6 Å². The van der Waals surface area contributed by atoms with Gasteiger partial charge in [-0.25, -0.2) is 4.99 Å². The van der Waals surface area contributed by atoms with Gasteiger partial charge in [-0.2, -0.15) is 0 Å². The van der Waals surface area contributed by atoms with Gasteiger partial charge in [0.25, 0.3) is 5.91 Å². The minimum Gasteiger partial charge on any atom is -0.497 e. The summed E-state index contributed by atoms with van der Waals surface area (Å²) in [4.78, 5) is 23.2. The monoisotopic (exact) mass is 502 g/mol. The van der Waals surface area contributed by atoms with Crippen LogP contribution < -0.4 is 4.74 Å². The van der Waals surface area contributed by atoms with E-state index in [2.05, 4.69) is 4.90 Å². The number of hydrogen-bond acceptors (Lipinski definition) is 6. The van der Waals surface area contributed by atoms with Crippen molar-refractivity contribution in [3.8, 4) is 11.4 Å². The van der Waals surface area contributed by atoms with Crippen molar-refractivity contribution in [1.29, 1.82) is 0 Å². The van der Waals surface area contributed by atoms with Gasteiger partial charge in [-0.05, 0) is 72.3 Å². The average molecular weight is 503 g/mol. The number of aromatic nitrogens is 1. The van der Waals surface area contributed by atoms with Crippen molar-refractivity contribution in [3.05, 3.63) is 83.5 Å². The molecule has 2 aliphatic heterocycles. The van der Waals surface area contributed by atoms with Crippen molar-refractivity contribution >= 4 is 34.6 Å². The number of aliphatic imine (C=N–C) groups is 1. The molecule has 0 aliphatic carbocycles. The molecule has 2 aliphatic rings. The highest BCUT2D eigenvalue weighted by Crippen LogP contribution is 2.34. The third-order valence-electron chi connectivity index (χ3n) is 6.21. The van der Waals surface area contributed by atoms with Gasteiger partial charge in [0.2, 0.25) is 0 Å². The van der Waals surface area contributed by atoms with Crippen LogP contribution in [0, 0.1) is 0 Å². The third kappa shape index (κ3) is 5.90. The second-order valence-corrected chi connectivity index (χ2v) is 9.66. The lowest BCUT2D eigenvalue weighted by Gasteiger charge is -2.27. The van der Waals surface area contributed by atoms with Gasteiger partial charge in [0.1, 0.15) is 5.75 Å². The molecule has 0 unspecified atom stereocenters. The molecule has 5 rings (SSSR count). The Morgan fingerprint density at radius 2 is 1.81 bits per heavy atom. The fourth-order valence-electron chi connectivity index (χ4n) is 4.24. The number of para-hydroxylation sites is 1. The largest absolute Gasteiger partial charge is 0.497 e. The van der Waals surface area contributed by atoms with E-state index in [1.54, 1.807) is 7.11 Å². The van der Waals surface area contributed by atoms with Crippen molar-refractivity contribution in [3.63, 3.8) is 0 Å². The highest BCUT2D eigenvalue weighted by molar-refractivity contribution is 8.18. The zero-order valence-electron chi connectivity index (χ0n) is 20.4. The van der Waals surface area contributed by atoms with Crippen LogP contribution in [-0.4, -0.2) is 71.9 Å². The number of methoxy groups -OCH3 is 1. The van der Waals surface area contributed by atoms with Gasteiger partial charge in [0.05, 0.1) is 30.9 Å². The molecule has 3 aromatic rings.